The molecule has 0 saturated heterocycles. The van der Waals surface area contributed by atoms with Crippen molar-refractivity contribution >= 4 is 23.7 Å². The number of carbonyl (C=O) groups excluding carboxylic acids is 2. The van der Waals surface area contributed by atoms with Crippen LogP contribution < -0.4 is 0 Å². The van der Waals surface area contributed by atoms with Crippen molar-refractivity contribution in [3.63, 3.8) is 0 Å². The van der Waals surface area contributed by atoms with Crippen molar-refractivity contribution in [3.8, 4) is 0 Å². The van der Waals surface area contributed by atoms with E-state index in [1.165, 1.54) is 13.8 Å². The Labute approximate surface area is 52.8 Å². The van der Waals surface area contributed by atoms with Crippen molar-refractivity contribution in [2.45, 2.75) is 18.7 Å². The Morgan fingerprint density at radius 3 is 2.12 bits per heavy atom. The first-order chi connectivity index (χ1) is 3.50. The van der Waals surface area contributed by atoms with Gasteiger partial charge >= 0.3 is 0 Å². The fraction of sp³-hybridized carbons (Fsp3) is 0.600. The molecule has 0 aliphatic carbocycles. The molecule has 0 aromatic carbocycles. The molecule has 0 saturated carbocycles. The first-order valence-electron chi connectivity index (χ1n) is 2.17. The number of carbonyl (C=O) groups is 2. The first-order valence-corrected chi connectivity index (χ1v) is 2.55. The molecule has 0 spiro atoms. The number of alkyl halides is 1. The lowest BCUT2D eigenvalue weighted by molar-refractivity contribution is -0.123. The number of rotatable bonds is 2. The van der Waals surface area contributed by atoms with E-state index in [1.54, 1.807) is 0 Å². The van der Waals surface area contributed by atoms with Gasteiger partial charge in [-0.3, -0.25) is 4.79 Å². The van der Waals surface area contributed by atoms with Gasteiger partial charge in [-0.25, -0.2) is 0 Å². The minimum atomic E-state index is -1.31. The Bertz CT molecular complexity index is 118. The lowest BCUT2D eigenvalue weighted by Gasteiger charge is -2.06. The largest absolute Gasteiger partial charge is 0.301 e. The quantitative estimate of drug-likeness (QED) is 0.318. The van der Waals surface area contributed by atoms with Gasteiger partial charge in [-0.15, -0.1) is 11.6 Å². The second kappa shape index (κ2) is 2.27. The molecule has 0 heterocycles. The molecule has 0 radical (unpaired) electrons. The van der Waals surface area contributed by atoms with E-state index in [-0.39, 0.29) is 5.78 Å². The summed E-state index contributed by atoms with van der Waals surface area (Å²) in [6.07, 6.45) is 0.427. The van der Waals surface area contributed by atoms with Gasteiger partial charge in [0.15, 0.2) is 10.7 Å². The summed E-state index contributed by atoms with van der Waals surface area (Å²) >= 11 is 5.34. The van der Waals surface area contributed by atoms with Crippen LogP contribution in [-0.4, -0.2) is 16.9 Å². The SMILES string of the molecule is CC(=O)C(C)(Cl)C=O. The minimum Gasteiger partial charge on any atom is -0.301 e. The Balaban J connectivity index is 4.12. The van der Waals surface area contributed by atoms with Crippen LogP contribution >= 0.6 is 11.6 Å². The zero-order valence-electron chi connectivity index (χ0n) is 4.77. The van der Waals surface area contributed by atoms with E-state index in [0.29, 0.717) is 6.29 Å². The average Bonchev–Trinajstić information content (AvgIpc) is 1.67. The number of Topliss-reactive ketones (excluding diaryl/α,β-unsaturated/α-hetero) is 1. The van der Waals surface area contributed by atoms with Crippen molar-refractivity contribution in [1.82, 2.24) is 0 Å². The molecule has 0 rings (SSSR count). The maximum absolute atomic E-state index is 10.3. The van der Waals surface area contributed by atoms with Gasteiger partial charge in [-0.05, 0) is 13.8 Å². The van der Waals surface area contributed by atoms with Crippen LogP contribution in [0, 0.1) is 0 Å². The van der Waals surface area contributed by atoms with Gasteiger partial charge in [0, 0.05) is 0 Å². The third kappa shape index (κ3) is 1.62. The van der Waals surface area contributed by atoms with Gasteiger partial charge in [-0.2, -0.15) is 0 Å². The van der Waals surface area contributed by atoms with Crippen LogP contribution in [0.5, 0.6) is 0 Å². The molecular weight excluding hydrogens is 128 g/mol. The van der Waals surface area contributed by atoms with E-state index in [1.807, 2.05) is 0 Å². The van der Waals surface area contributed by atoms with E-state index in [0.717, 1.165) is 0 Å². The lowest BCUT2D eigenvalue weighted by atomic mass is 10.1. The van der Waals surface area contributed by atoms with Crippen LogP contribution in [-0.2, 0) is 9.59 Å². The summed E-state index contributed by atoms with van der Waals surface area (Å²) in [6, 6.07) is 0. The topological polar surface area (TPSA) is 34.1 Å². The van der Waals surface area contributed by atoms with E-state index in [4.69, 9.17) is 11.6 Å². The summed E-state index contributed by atoms with van der Waals surface area (Å²) in [7, 11) is 0. The maximum Gasteiger partial charge on any atom is 0.157 e. The molecule has 1 unspecified atom stereocenters. The third-order valence-corrected chi connectivity index (χ3v) is 1.26. The summed E-state index contributed by atoms with van der Waals surface area (Å²) in [5, 5.41) is 0. The van der Waals surface area contributed by atoms with Crippen molar-refractivity contribution in [3.05, 3.63) is 0 Å². The molecule has 0 bridgehead atoms. The monoisotopic (exact) mass is 134 g/mol. The third-order valence-electron chi connectivity index (χ3n) is 0.910. The van der Waals surface area contributed by atoms with Crippen molar-refractivity contribution in [1.29, 1.82) is 0 Å². The molecule has 0 fully saturated rings. The molecule has 0 aromatic rings. The van der Waals surface area contributed by atoms with Crippen molar-refractivity contribution in [2.24, 2.45) is 0 Å². The van der Waals surface area contributed by atoms with E-state index >= 15 is 0 Å². The number of hydrogen-bond donors (Lipinski definition) is 0. The smallest absolute Gasteiger partial charge is 0.157 e. The molecule has 0 amide bonds. The Kier molecular flexibility index (Phi) is 2.16. The fourth-order valence-electron chi connectivity index (χ4n) is 0.0830. The highest BCUT2D eigenvalue weighted by atomic mass is 35.5. The molecule has 46 valence electrons. The number of hydrogen-bond acceptors (Lipinski definition) is 2. The van der Waals surface area contributed by atoms with Gasteiger partial charge in [0.2, 0.25) is 0 Å². The van der Waals surface area contributed by atoms with Crippen LogP contribution in [0.4, 0.5) is 0 Å². The van der Waals surface area contributed by atoms with Gasteiger partial charge in [0.1, 0.15) is 6.29 Å². The number of aldehydes is 1. The molecule has 0 aromatic heterocycles. The Hall–Kier alpha value is -0.370. The van der Waals surface area contributed by atoms with Gasteiger partial charge in [0.25, 0.3) is 0 Å². The molecule has 3 heteroatoms. The standard InChI is InChI=1S/C5H7ClO2/c1-4(8)5(2,6)3-7/h3H,1-2H3. The summed E-state index contributed by atoms with van der Waals surface area (Å²) in [5.74, 6) is -0.325. The Morgan fingerprint density at radius 2 is 2.12 bits per heavy atom. The molecule has 2 nitrogen and oxygen atoms in total. The highest BCUT2D eigenvalue weighted by molar-refractivity contribution is 6.42. The van der Waals surface area contributed by atoms with Crippen LogP contribution in [0.15, 0.2) is 0 Å². The van der Waals surface area contributed by atoms with E-state index in [2.05, 4.69) is 0 Å². The molecule has 0 aliphatic rings. The molecule has 1 atom stereocenters. The Morgan fingerprint density at radius 1 is 1.75 bits per heavy atom. The minimum absolute atomic E-state index is 0.325. The highest BCUT2D eigenvalue weighted by Gasteiger charge is 2.24. The number of ketones is 1. The second-order valence-electron chi connectivity index (χ2n) is 1.75. The second-order valence-corrected chi connectivity index (χ2v) is 2.53. The maximum atomic E-state index is 10.3. The van der Waals surface area contributed by atoms with Crippen LogP contribution in [0.25, 0.3) is 0 Å². The predicted octanol–water partition coefficient (Wildman–Crippen LogP) is 0.772. The normalized spacial score (nSPS) is 16.9. The summed E-state index contributed by atoms with van der Waals surface area (Å²) < 4.78 is 0. The van der Waals surface area contributed by atoms with Crippen molar-refractivity contribution < 1.29 is 9.59 Å². The molecule has 0 aliphatic heterocycles. The summed E-state index contributed by atoms with van der Waals surface area (Å²) in [5.41, 5.74) is 0. The van der Waals surface area contributed by atoms with Crippen molar-refractivity contribution in [2.75, 3.05) is 0 Å². The lowest BCUT2D eigenvalue weighted by Crippen LogP contribution is -2.27. The van der Waals surface area contributed by atoms with E-state index < -0.39 is 4.87 Å². The summed E-state index contributed by atoms with van der Waals surface area (Å²) in [4.78, 5) is 18.9. The van der Waals surface area contributed by atoms with Gasteiger partial charge in [-0.1, -0.05) is 0 Å². The van der Waals surface area contributed by atoms with Crippen LogP contribution in [0.1, 0.15) is 13.8 Å². The zero-order valence-corrected chi connectivity index (χ0v) is 5.53. The highest BCUT2D eigenvalue weighted by Crippen LogP contribution is 2.10. The molecule has 0 N–H and O–H groups in total. The van der Waals surface area contributed by atoms with E-state index in [9.17, 15) is 9.59 Å². The van der Waals surface area contributed by atoms with Gasteiger partial charge < -0.3 is 4.79 Å². The number of halogens is 1. The van der Waals surface area contributed by atoms with Crippen LogP contribution in [0.3, 0.4) is 0 Å². The first kappa shape index (κ1) is 7.63. The fourth-order valence-corrected chi connectivity index (χ4v) is 0.0830. The summed E-state index contributed by atoms with van der Waals surface area (Å²) in [6.45, 7) is 2.64. The predicted molar refractivity (Wildman–Crippen MR) is 31.0 cm³/mol. The van der Waals surface area contributed by atoms with Gasteiger partial charge in [0.05, 0.1) is 0 Å². The van der Waals surface area contributed by atoms with Crippen LogP contribution in [0.2, 0.25) is 0 Å². The average molecular weight is 135 g/mol. The zero-order chi connectivity index (χ0) is 6.78. The molecular formula is C5H7ClO2. The molecule has 8 heavy (non-hydrogen) atoms.